The average Bonchev–Trinajstić information content (AvgIpc) is 2.69. The summed E-state index contributed by atoms with van der Waals surface area (Å²) in [6.45, 7) is 5.44. The molecule has 2 N–H and O–H groups in total. The lowest BCUT2D eigenvalue weighted by atomic mass is 10.3. The minimum atomic E-state index is -0.418. The van der Waals surface area contributed by atoms with E-state index in [0.717, 1.165) is 0 Å². The molecule has 0 saturated heterocycles. The van der Waals surface area contributed by atoms with Gasteiger partial charge in [-0.3, -0.25) is 10.1 Å². The van der Waals surface area contributed by atoms with Gasteiger partial charge >= 0.3 is 5.69 Å². The van der Waals surface area contributed by atoms with Crippen LogP contribution in [0.2, 0.25) is 0 Å². The van der Waals surface area contributed by atoms with Gasteiger partial charge in [0.2, 0.25) is 5.82 Å². The number of aryl methyl sites for hydroxylation is 2. The van der Waals surface area contributed by atoms with Crippen LogP contribution in [0, 0.1) is 17.0 Å². The second-order valence-corrected chi connectivity index (χ2v) is 3.97. The van der Waals surface area contributed by atoms with Crippen molar-refractivity contribution in [3.05, 3.63) is 15.8 Å². The number of nitro groups is 1. The van der Waals surface area contributed by atoms with Gasteiger partial charge in [0, 0.05) is 19.7 Å². The smallest absolute Gasteiger partial charge is 0.333 e. The first-order valence-corrected chi connectivity index (χ1v) is 6.26. The van der Waals surface area contributed by atoms with Crippen LogP contribution in [0.3, 0.4) is 0 Å². The molecule has 0 saturated carbocycles. The van der Waals surface area contributed by atoms with Crippen LogP contribution in [-0.4, -0.2) is 46.2 Å². The van der Waals surface area contributed by atoms with Crippen LogP contribution >= 0.6 is 0 Å². The van der Waals surface area contributed by atoms with Gasteiger partial charge in [0.25, 0.3) is 0 Å². The van der Waals surface area contributed by atoms with Crippen LogP contribution in [0.15, 0.2) is 0 Å². The molecule has 0 unspecified atom stereocenters. The van der Waals surface area contributed by atoms with E-state index in [-0.39, 0.29) is 12.3 Å². The first kappa shape index (κ1) is 15.4. The third-order valence-electron chi connectivity index (χ3n) is 2.57. The summed E-state index contributed by atoms with van der Waals surface area (Å²) in [4.78, 5) is 10.6. The Bertz CT molecular complexity index is 419. The molecule has 8 nitrogen and oxygen atoms in total. The molecule has 0 bridgehead atoms. The summed E-state index contributed by atoms with van der Waals surface area (Å²) in [5, 5.41) is 26.7. The molecule has 1 aromatic rings. The Morgan fingerprint density at radius 1 is 1.53 bits per heavy atom. The standard InChI is InChI=1S/C11H20N4O4/c1-3-14-11(10(15(17)18)9(2)13-14)12-5-4-7-19-8-6-16/h12,16H,3-8H2,1-2H3. The third-order valence-corrected chi connectivity index (χ3v) is 2.57. The van der Waals surface area contributed by atoms with Crippen molar-refractivity contribution >= 4 is 11.5 Å². The molecule has 108 valence electrons. The summed E-state index contributed by atoms with van der Waals surface area (Å²) < 4.78 is 6.70. The number of aromatic nitrogens is 2. The Hall–Kier alpha value is -1.67. The lowest BCUT2D eigenvalue weighted by Gasteiger charge is -2.07. The van der Waals surface area contributed by atoms with Gasteiger partial charge in [0.1, 0.15) is 5.69 Å². The first-order chi connectivity index (χ1) is 9.11. The quantitative estimate of drug-likeness (QED) is 0.394. The Kier molecular flexibility index (Phi) is 6.23. The highest BCUT2D eigenvalue weighted by Gasteiger charge is 2.24. The molecule has 0 fully saturated rings. The number of aliphatic hydroxyl groups excluding tert-OH is 1. The molecule has 1 rings (SSSR count). The molecular weight excluding hydrogens is 252 g/mol. The van der Waals surface area contributed by atoms with E-state index in [9.17, 15) is 10.1 Å². The van der Waals surface area contributed by atoms with Gasteiger partial charge < -0.3 is 15.2 Å². The van der Waals surface area contributed by atoms with Crippen molar-refractivity contribution in [3.63, 3.8) is 0 Å². The zero-order valence-electron chi connectivity index (χ0n) is 11.3. The predicted octanol–water partition coefficient (Wildman–Crippen LogP) is 0.931. The maximum absolute atomic E-state index is 11.0. The van der Waals surface area contributed by atoms with E-state index in [1.165, 1.54) is 0 Å². The summed E-state index contributed by atoms with van der Waals surface area (Å²) in [7, 11) is 0. The number of hydrogen-bond donors (Lipinski definition) is 2. The van der Waals surface area contributed by atoms with E-state index in [4.69, 9.17) is 9.84 Å². The summed E-state index contributed by atoms with van der Waals surface area (Å²) in [5.41, 5.74) is 0.434. The molecule has 1 aromatic heterocycles. The lowest BCUT2D eigenvalue weighted by molar-refractivity contribution is -0.384. The normalized spacial score (nSPS) is 10.7. The van der Waals surface area contributed by atoms with Crippen molar-refractivity contribution in [1.82, 2.24) is 9.78 Å². The van der Waals surface area contributed by atoms with Gasteiger partial charge in [-0.05, 0) is 20.3 Å². The van der Waals surface area contributed by atoms with Crippen molar-refractivity contribution in [2.45, 2.75) is 26.8 Å². The van der Waals surface area contributed by atoms with Gasteiger partial charge in [0.05, 0.1) is 18.1 Å². The fraction of sp³-hybridized carbons (Fsp3) is 0.727. The number of nitrogens with zero attached hydrogens (tertiary/aromatic N) is 3. The second kappa shape index (κ2) is 7.70. The molecule has 0 atom stereocenters. The van der Waals surface area contributed by atoms with E-state index in [1.807, 2.05) is 6.92 Å². The molecule has 1 heterocycles. The molecular formula is C11H20N4O4. The molecule has 0 aliphatic carbocycles. The highest BCUT2D eigenvalue weighted by atomic mass is 16.6. The Labute approximate surface area is 111 Å². The van der Waals surface area contributed by atoms with E-state index < -0.39 is 4.92 Å². The minimum absolute atomic E-state index is 0.000695. The number of ether oxygens (including phenoxy) is 1. The third kappa shape index (κ3) is 4.18. The summed E-state index contributed by atoms with van der Waals surface area (Å²) in [6.07, 6.45) is 0.700. The Morgan fingerprint density at radius 3 is 2.84 bits per heavy atom. The Balaban J connectivity index is 2.58. The van der Waals surface area contributed by atoms with Gasteiger partial charge in [-0.15, -0.1) is 0 Å². The van der Waals surface area contributed by atoms with Crippen molar-refractivity contribution in [2.75, 3.05) is 31.7 Å². The zero-order valence-corrected chi connectivity index (χ0v) is 11.3. The maximum atomic E-state index is 11.0. The number of anilines is 1. The average molecular weight is 272 g/mol. The van der Waals surface area contributed by atoms with E-state index in [0.29, 0.717) is 44.2 Å². The Morgan fingerprint density at radius 2 is 2.26 bits per heavy atom. The molecule has 0 spiro atoms. The van der Waals surface area contributed by atoms with Gasteiger partial charge in [-0.2, -0.15) is 5.10 Å². The summed E-state index contributed by atoms with van der Waals surface area (Å²) in [5.74, 6) is 0.437. The monoisotopic (exact) mass is 272 g/mol. The molecule has 0 amide bonds. The van der Waals surface area contributed by atoms with Crippen LogP contribution in [-0.2, 0) is 11.3 Å². The second-order valence-electron chi connectivity index (χ2n) is 3.97. The van der Waals surface area contributed by atoms with Crippen molar-refractivity contribution < 1.29 is 14.8 Å². The van der Waals surface area contributed by atoms with Crippen molar-refractivity contribution in [1.29, 1.82) is 0 Å². The van der Waals surface area contributed by atoms with Crippen molar-refractivity contribution in [3.8, 4) is 0 Å². The fourth-order valence-corrected chi connectivity index (χ4v) is 1.74. The molecule has 0 aromatic carbocycles. The van der Waals surface area contributed by atoms with E-state index in [1.54, 1.807) is 11.6 Å². The van der Waals surface area contributed by atoms with Crippen LogP contribution in [0.25, 0.3) is 0 Å². The topological polar surface area (TPSA) is 102 Å². The molecule has 19 heavy (non-hydrogen) atoms. The van der Waals surface area contributed by atoms with E-state index in [2.05, 4.69) is 10.4 Å². The van der Waals surface area contributed by atoms with Crippen LogP contribution in [0.5, 0.6) is 0 Å². The summed E-state index contributed by atoms with van der Waals surface area (Å²) >= 11 is 0. The number of rotatable bonds is 9. The molecule has 0 radical (unpaired) electrons. The van der Waals surface area contributed by atoms with Gasteiger partial charge in [-0.25, -0.2) is 4.68 Å². The molecule has 0 aliphatic rings. The number of hydrogen-bond acceptors (Lipinski definition) is 6. The fourth-order valence-electron chi connectivity index (χ4n) is 1.74. The van der Waals surface area contributed by atoms with Gasteiger partial charge in [0.15, 0.2) is 0 Å². The summed E-state index contributed by atoms with van der Waals surface area (Å²) in [6, 6.07) is 0. The highest BCUT2D eigenvalue weighted by molar-refractivity contribution is 5.59. The first-order valence-electron chi connectivity index (χ1n) is 6.26. The predicted molar refractivity (Wildman–Crippen MR) is 70.3 cm³/mol. The highest BCUT2D eigenvalue weighted by Crippen LogP contribution is 2.27. The molecule has 8 heteroatoms. The number of nitrogens with one attached hydrogen (secondary N) is 1. The SMILES string of the molecule is CCn1nc(C)c([N+](=O)[O-])c1NCCCOCCO. The van der Waals surface area contributed by atoms with Crippen molar-refractivity contribution in [2.24, 2.45) is 0 Å². The lowest BCUT2D eigenvalue weighted by Crippen LogP contribution is -2.12. The van der Waals surface area contributed by atoms with Crippen LogP contribution in [0.1, 0.15) is 19.0 Å². The van der Waals surface area contributed by atoms with Crippen LogP contribution in [0.4, 0.5) is 11.5 Å². The van der Waals surface area contributed by atoms with Gasteiger partial charge in [-0.1, -0.05) is 0 Å². The molecule has 0 aliphatic heterocycles. The maximum Gasteiger partial charge on any atom is 0.333 e. The largest absolute Gasteiger partial charge is 0.394 e. The minimum Gasteiger partial charge on any atom is -0.394 e. The number of aliphatic hydroxyl groups is 1. The zero-order chi connectivity index (χ0) is 14.3. The van der Waals surface area contributed by atoms with E-state index >= 15 is 0 Å². The van der Waals surface area contributed by atoms with Crippen LogP contribution < -0.4 is 5.32 Å².